The van der Waals surface area contributed by atoms with Crippen LogP contribution in [0.1, 0.15) is 28.1 Å². The van der Waals surface area contributed by atoms with Crippen molar-refractivity contribution >= 4 is 11.3 Å². The molecule has 1 aromatic heterocycles. The topological polar surface area (TPSA) is 36.4 Å². The van der Waals surface area contributed by atoms with E-state index in [-0.39, 0.29) is 0 Å². The van der Waals surface area contributed by atoms with Crippen LogP contribution in [0.5, 0.6) is 0 Å². The molecule has 1 aliphatic rings. The molecule has 1 aromatic carbocycles. The van der Waals surface area contributed by atoms with E-state index < -0.39 is 5.60 Å². The summed E-state index contributed by atoms with van der Waals surface area (Å²) in [5.74, 6) is 0. The summed E-state index contributed by atoms with van der Waals surface area (Å²) in [6, 6.07) is 8.26. The van der Waals surface area contributed by atoms with Crippen molar-refractivity contribution in [3.63, 3.8) is 0 Å². The quantitative estimate of drug-likeness (QED) is 0.940. The number of thiazole rings is 1. The molecule has 0 aliphatic heterocycles. The van der Waals surface area contributed by atoms with E-state index in [1.54, 1.807) is 11.3 Å². The Balaban J connectivity index is 1.73. The van der Waals surface area contributed by atoms with Crippen molar-refractivity contribution in [1.29, 1.82) is 0 Å². The zero-order valence-electron chi connectivity index (χ0n) is 12.0. The normalized spacial score (nSPS) is 21.4. The van der Waals surface area contributed by atoms with Crippen LogP contribution < -0.4 is 0 Å². The minimum absolute atomic E-state index is 0.668. The Kier molecular flexibility index (Phi) is 3.63. The van der Waals surface area contributed by atoms with Crippen LogP contribution in [-0.2, 0) is 18.6 Å². The number of hydrogen-bond acceptors (Lipinski definition) is 4. The highest BCUT2D eigenvalue weighted by molar-refractivity contribution is 7.09. The number of benzene rings is 1. The van der Waals surface area contributed by atoms with Gasteiger partial charge in [0.15, 0.2) is 0 Å². The SMILES string of the molecule is Cc1ncsc1CN(C)CC1(O)CCc2ccccc21. The van der Waals surface area contributed by atoms with Gasteiger partial charge in [0.1, 0.15) is 5.60 Å². The van der Waals surface area contributed by atoms with Gasteiger partial charge in [0.2, 0.25) is 0 Å². The number of aromatic nitrogens is 1. The minimum Gasteiger partial charge on any atom is -0.384 e. The molecule has 1 heterocycles. The molecule has 1 atom stereocenters. The van der Waals surface area contributed by atoms with Crippen LogP contribution >= 0.6 is 11.3 Å². The molecule has 1 aliphatic carbocycles. The third-order valence-electron chi connectivity index (χ3n) is 4.12. The second kappa shape index (κ2) is 5.28. The lowest BCUT2D eigenvalue weighted by atomic mass is 9.95. The maximum Gasteiger partial charge on any atom is 0.103 e. The first-order valence-corrected chi connectivity index (χ1v) is 7.85. The Labute approximate surface area is 123 Å². The smallest absolute Gasteiger partial charge is 0.103 e. The van der Waals surface area contributed by atoms with Crippen molar-refractivity contribution in [2.24, 2.45) is 0 Å². The highest BCUT2D eigenvalue weighted by atomic mass is 32.1. The van der Waals surface area contributed by atoms with Crippen molar-refractivity contribution in [2.45, 2.75) is 31.9 Å². The van der Waals surface area contributed by atoms with Crippen LogP contribution in [-0.4, -0.2) is 28.6 Å². The Morgan fingerprint density at radius 1 is 1.40 bits per heavy atom. The molecule has 1 N–H and O–H groups in total. The number of hydrogen-bond donors (Lipinski definition) is 1. The summed E-state index contributed by atoms with van der Waals surface area (Å²) < 4.78 is 0. The molecular weight excluding hydrogens is 268 g/mol. The molecule has 3 nitrogen and oxygen atoms in total. The highest BCUT2D eigenvalue weighted by Crippen LogP contribution is 2.37. The van der Waals surface area contributed by atoms with Crippen LogP contribution in [0.2, 0.25) is 0 Å². The Bertz CT molecular complexity index is 610. The average Bonchev–Trinajstić information content (AvgIpc) is 2.96. The summed E-state index contributed by atoms with van der Waals surface area (Å²) in [4.78, 5) is 7.76. The predicted octanol–water partition coefficient (Wildman–Crippen LogP) is 2.72. The fraction of sp³-hybridized carbons (Fsp3) is 0.438. The molecule has 0 radical (unpaired) electrons. The van der Waals surface area contributed by atoms with E-state index >= 15 is 0 Å². The van der Waals surface area contributed by atoms with Crippen LogP contribution in [0.15, 0.2) is 29.8 Å². The molecule has 0 saturated heterocycles. The van der Waals surface area contributed by atoms with Gasteiger partial charge in [-0.25, -0.2) is 4.98 Å². The van der Waals surface area contributed by atoms with Gasteiger partial charge in [-0.05, 0) is 37.9 Å². The van der Waals surface area contributed by atoms with E-state index in [4.69, 9.17) is 0 Å². The molecule has 0 bridgehead atoms. The summed E-state index contributed by atoms with van der Waals surface area (Å²) in [7, 11) is 2.07. The van der Waals surface area contributed by atoms with Gasteiger partial charge in [-0.15, -0.1) is 11.3 Å². The molecule has 0 amide bonds. The van der Waals surface area contributed by atoms with Gasteiger partial charge in [0.25, 0.3) is 0 Å². The lowest BCUT2D eigenvalue weighted by Crippen LogP contribution is -2.37. The minimum atomic E-state index is -0.704. The van der Waals surface area contributed by atoms with E-state index in [2.05, 4.69) is 35.1 Å². The lowest BCUT2D eigenvalue weighted by Gasteiger charge is -2.29. The van der Waals surface area contributed by atoms with Crippen molar-refractivity contribution < 1.29 is 5.11 Å². The number of aliphatic hydroxyl groups is 1. The van der Waals surface area contributed by atoms with Gasteiger partial charge in [-0.1, -0.05) is 24.3 Å². The maximum absolute atomic E-state index is 11.0. The van der Waals surface area contributed by atoms with Crippen LogP contribution in [0, 0.1) is 6.92 Å². The van der Waals surface area contributed by atoms with Gasteiger partial charge in [-0.2, -0.15) is 0 Å². The second-order valence-electron chi connectivity index (χ2n) is 5.72. The van der Waals surface area contributed by atoms with Gasteiger partial charge < -0.3 is 5.11 Å². The molecule has 0 saturated carbocycles. The second-order valence-corrected chi connectivity index (χ2v) is 6.66. The van der Waals surface area contributed by atoms with Crippen molar-refractivity contribution in [1.82, 2.24) is 9.88 Å². The van der Waals surface area contributed by atoms with Crippen molar-refractivity contribution in [3.05, 3.63) is 51.5 Å². The van der Waals surface area contributed by atoms with Gasteiger partial charge in [0.05, 0.1) is 11.2 Å². The van der Waals surface area contributed by atoms with E-state index in [0.29, 0.717) is 6.54 Å². The lowest BCUT2D eigenvalue weighted by molar-refractivity contribution is 0.00565. The third-order valence-corrected chi connectivity index (χ3v) is 5.04. The summed E-state index contributed by atoms with van der Waals surface area (Å²) in [6.45, 7) is 3.56. The first-order chi connectivity index (χ1) is 9.58. The van der Waals surface area contributed by atoms with Gasteiger partial charge >= 0.3 is 0 Å². The summed E-state index contributed by atoms with van der Waals surface area (Å²) in [6.07, 6.45) is 1.79. The summed E-state index contributed by atoms with van der Waals surface area (Å²) in [5.41, 5.74) is 4.67. The number of rotatable bonds is 4. The Morgan fingerprint density at radius 3 is 2.95 bits per heavy atom. The molecule has 3 rings (SSSR count). The van der Waals surface area contributed by atoms with Crippen LogP contribution in [0.3, 0.4) is 0 Å². The zero-order chi connectivity index (χ0) is 14.2. The zero-order valence-corrected chi connectivity index (χ0v) is 12.8. The predicted molar refractivity (Wildman–Crippen MR) is 81.8 cm³/mol. The summed E-state index contributed by atoms with van der Waals surface area (Å²) in [5, 5.41) is 11.0. The molecule has 106 valence electrons. The van der Waals surface area contributed by atoms with E-state index in [0.717, 1.165) is 30.6 Å². The first kappa shape index (κ1) is 13.7. The maximum atomic E-state index is 11.0. The van der Waals surface area contributed by atoms with E-state index in [1.807, 2.05) is 18.5 Å². The van der Waals surface area contributed by atoms with E-state index in [1.165, 1.54) is 10.4 Å². The largest absolute Gasteiger partial charge is 0.384 e. The molecule has 2 aromatic rings. The van der Waals surface area contributed by atoms with Crippen molar-refractivity contribution in [3.8, 4) is 0 Å². The van der Waals surface area contributed by atoms with Crippen molar-refractivity contribution in [2.75, 3.05) is 13.6 Å². The molecule has 4 heteroatoms. The molecule has 0 spiro atoms. The number of nitrogens with zero attached hydrogens (tertiary/aromatic N) is 2. The Hall–Kier alpha value is -1.23. The number of likely N-dealkylation sites (N-methyl/N-ethyl adjacent to an activating group) is 1. The fourth-order valence-electron chi connectivity index (χ4n) is 3.06. The van der Waals surface area contributed by atoms with Crippen LogP contribution in [0.25, 0.3) is 0 Å². The molecular formula is C16H20N2OS. The number of aryl methyl sites for hydroxylation is 2. The summed E-state index contributed by atoms with van der Waals surface area (Å²) >= 11 is 1.69. The average molecular weight is 288 g/mol. The Morgan fingerprint density at radius 2 is 2.20 bits per heavy atom. The van der Waals surface area contributed by atoms with Crippen LogP contribution in [0.4, 0.5) is 0 Å². The van der Waals surface area contributed by atoms with Gasteiger partial charge in [0, 0.05) is 18.0 Å². The van der Waals surface area contributed by atoms with E-state index in [9.17, 15) is 5.11 Å². The monoisotopic (exact) mass is 288 g/mol. The molecule has 20 heavy (non-hydrogen) atoms. The molecule has 1 unspecified atom stereocenters. The van der Waals surface area contributed by atoms with Gasteiger partial charge in [-0.3, -0.25) is 4.90 Å². The fourth-order valence-corrected chi connectivity index (χ4v) is 3.91. The third kappa shape index (κ3) is 2.51. The number of fused-ring (bicyclic) bond motifs is 1. The molecule has 0 fully saturated rings. The first-order valence-electron chi connectivity index (χ1n) is 6.97. The highest BCUT2D eigenvalue weighted by Gasteiger charge is 2.37. The standard InChI is InChI=1S/C16H20N2OS/c1-12-15(20-11-17-12)9-18(2)10-16(19)8-7-13-5-3-4-6-14(13)16/h3-6,11,19H,7-10H2,1-2H3.